The largest absolute Gasteiger partial charge is 0.433 e. The molecule has 2 aliphatic rings. The Morgan fingerprint density at radius 3 is 2.68 bits per heavy atom. The number of hydrogen-bond donors (Lipinski definition) is 0. The molecule has 142 valence electrons. The first-order chi connectivity index (χ1) is 13.8. The fraction of sp³-hybridized carbons (Fsp3) is 0.273. The van der Waals surface area contributed by atoms with Crippen molar-refractivity contribution in [2.45, 2.75) is 35.3 Å². The van der Waals surface area contributed by atoms with Crippen LogP contribution in [0.15, 0.2) is 61.9 Å². The second-order valence-electron chi connectivity index (χ2n) is 7.01. The molecule has 0 N–H and O–H groups in total. The van der Waals surface area contributed by atoms with Crippen molar-refractivity contribution in [2.24, 2.45) is 4.99 Å². The molecule has 3 aromatic rings. The third-order valence-corrected chi connectivity index (χ3v) is 6.34. The summed E-state index contributed by atoms with van der Waals surface area (Å²) in [5.74, 6) is 1.12. The number of aromatic nitrogens is 1. The van der Waals surface area contributed by atoms with Crippen LogP contribution in [0.3, 0.4) is 0 Å². The lowest BCUT2D eigenvalue weighted by molar-refractivity contribution is 0.0786. The average Bonchev–Trinajstić information content (AvgIpc) is 3.37. The number of benzene rings is 2. The highest BCUT2D eigenvalue weighted by atomic mass is 35.5. The summed E-state index contributed by atoms with van der Waals surface area (Å²) in [5, 5.41) is 1.54. The summed E-state index contributed by atoms with van der Waals surface area (Å²) in [6.45, 7) is 2.28. The number of fused-ring (bicyclic) bond motifs is 1. The minimum absolute atomic E-state index is 0.308. The van der Waals surface area contributed by atoms with Crippen LogP contribution in [0.25, 0.3) is 11.3 Å². The summed E-state index contributed by atoms with van der Waals surface area (Å²) in [6, 6.07) is 14.2. The van der Waals surface area contributed by atoms with E-state index in [0.717, 1.165) is 70.3 Å². The van der Waals surface area contributed by atoms with Gasteiger partial charge in [-0.1, -0.05) is 23.7 Å². The van der Waals surface area contributed by atoms with E-state index in [0.29, 0.717) is 5.92 Å². The van der Waals surface area contributed by atoms with Gasteiger partial charge in [-0.25, -0.2) is 4.98 Å². The molecule has 1 fully saturated rings. The predicted octanol–water partition coefficient (Wildman–Crippen LogP) is 5.97. The Bertz CT molecular complexity index is 1020. The van der Waals surface area contributed by atoms with Gasteiger partial charge in [0.05, 0.1) is 6.54 Å². The van der Waals surface area contributed by atoms with Crippen LogP contribution in [0.2, 0.25) is 5.02 Å². The lowest BCUT2D eigenvalue weighted by atomic mass is 10.0. The molecule has 5 rings (SSSR count). The van der Waals surface area contributed by atoms with E-state index in [1.807, 2.05) is 30.5 Å². The quantitative estimate of drug-likeness (QED) is 0.531. The summed E-state index contributed by atoms with van der Waals surface area (Å²) in [5.41, 5.74) is 4.37. The number of aliphatic imine (C=N–C) groups is 1. The monoisotopic (exact) mass is 410 g/mol. The lowest BCUT2D eigenvalue weighted by Gasteiger charge is -2.18. The topological polar surface area (TPSA) is 47.6 Å². The molecule has 2 aliphatic heterocycles. The van der Waals surface area contributed by atoms with E-state index in [1.54, 1.807) is 11.8 Å². The van der Waals surface area contributed by atoms with Crippen molar-refractivity contribution >= 4 is 29.6 Å². The molecule has 0 bridgehead atoms. The Labute approximate surface area is 173 Å². The average molecular weight is 411 g/mol. The maximum atomic E-state index is 6.29. The van der Waals surface area contributed by atoms with E-state index in [1.165, 1.54) is 5.56 Å². The standard InChI is InChI=1S/C22H19ClN2O2S/c23-18-3-5-19(6-4-18)28-22-20(15-1-2-16-12-24-13-17(16)11-15)25-21(27-22)14-7-9-26-10-8-14/h1-6,11,13-14H,7-10,12H2. The first kappa shape index (κ1) is 18.0. The molecule has 2 aromatic carbocycles. The van der Waals surface area contributed by atoms with E-state index in [-0.39, 0.29) is 0 Å². The van der Waals surface area contributed by atoms with Gasteiger partial charge in [0.25, 0.3) is 0 Å². The Balaban J connectivity index is 1.54. The van der Waals surface area contributed by atoms with Crippen LogP contribution in [-0.4, -0.2) is 24.4 Å². The van der Waals surface area contributed by atoms with Crippen LogP contribution in [0, 0.1) is 0 Å². The predicted molar refractivity (Wildman–Crippen MR) is 112 cm³/mol. The molecule has 0 atom stereocenters. The minimum Gasteiger partial charge on any atom is -0.433 e. The number of halogens is 1. The Kier molecular flexibility index (Phi) is 4.97. The summed E-state index contributed by atoms with van der Waals surface area (Å²) in [4.78, 5) is 10.4. The zero-order valence-corrected chi connectivity index (χ0v) is 16.8. The summed E-state index contributed by atoms with van der Waals surface area (Å²) in [6.07, 6.45) is 3.83. The van der Waals surface area contributed by atoms with Crippen LogP contribution in [0.1, 0.15) is 35.8 Å². The van der Waals surface area contributed by atoms with Gasteiger partial charge < -0.3 is 9.15 Å². The fourth-order valence-corrected chi connectivity index (χ4v) is 4.55. The Hall–Kier alpha value is -2.08. The molecular formula is C22H19ClN2O2S. The highest BCUT2D eigenvalue weighted by molar-refractivity contribution is 7.99. The van der Waals surface area contributed by atoms with Gasteiger partial charge in [0.15, 0.2) is 11.0 Å². The number of rotatable bonds is 4. The maximum Gasteiger partial charge on any atom is 0.199 e. The molecule has 0 aliphatic carbocycles. The second kappa shape index (κ2) is 7.74. The third kappa shape index (κ3) is 3.62. The summed E-state index contributed by atoms with van der Waals surface area (Å²) >= 11 is 7.62. The van der Waals surface area contributed by atoms with E-state index in [4.69, 9.17) is 25.7 Å². The van der Waals surface area contributed by atoms with Crippen molar-refractivity contribution in [3.05, 3.63) is 64.5 Å². The van der Waals surface area contributed by atoms with E-state index in [2.05, 4.69) is 23.2 Å². The molecule has 6 heteroatoms. The van der Waals surface area contributed by atoms with Gasteiger partial charge in [-0.2, -0.15) is 0 Å². The minimum atomic E-state index is 0.308. The summed E-state index contributed by atoms with van der Waals surface area (Å²) in [7, 11) is 0. The molecule has 28 heavy (non-hydrogen) atoms. The van der Waals surface area contributed by atoms with Gasteiger partial charge >= 0.3 is 0 Å². The van der Waals surface area contributed by atoms with Crippen molar-refractivity contribution in [2.75, 3.05) is 13.2 Å². The molecule has 3 heterocycles. The molecule has 1 saturated heterocycles. The molecule has 0 saturated carbocycles. The third-order valence-electron chi connectivity index (χ3n) is 5.12. The first-order valence-corrected chi connectivity index (χ1v) is 10.6. The number of nitrogens with zero attached hydrogens (tertiary/aromatic N) is 2. The molecule has 4 nitrogen and oxygen atoms in total. The van der Waals surface area contributed by atoms with Crippen molar-refractivity contribution in [1.29, 1.82) is 0 Å². The normalized spacial score (nSPS) is 16.5. The summed E-state index contributed by atoms with van der Waals surface area (Å²) < 4.78 is 11.8. The van der Waals surface area contributed by atoms with Crippen molar-refractivity contribution in [1.82, 2.24) is 4.98 Å². The highest BCUT2D eigenvalue weighted by Gasteiger charge is 2.25. The fourth-order valence-electron chi connectivity index (χ4n) is 3.55. The van der Waals surface area contributed by atoms with Crippen LogP contribution >= 0.6 is 23.4 Å². The van der Waals surface area contributed by atoms with Gasteiger partial charge in [0.2, 0.25) is 0 Å². The SMILES string of the molecule is Clc1ccc(Sc2oc(C3CCOCC3)nc2-c2ccc3c(c2)C=NC3)cc1. The Morgan fingerprint density at radius 2 is 1.86 bits per heavy atom. The van der Waals surface area contributed by atoms with E-state index < -0.39 is 0 Å². The molecule has 0 amide bonds. The van der Waals surface area contributed by atoms with E-state index in [9.17, 15) is 0 Å². The lowest BCUT2D eigenvalue weighted by Crippen LogP contribution is -2.14. The van der Waals surface area contributed by atoms with Crippen LogP contribution in [0.4, 0.5) is 0 Å². The Morgan fingerprint density at radius 1 is 1.04 bits per heavy atom. The van der Waals surface area contributed by atoms with Gasteiger partial charge in [-0.15, -0.1) is 0 Å². The van der Waals surface area contributed by atoms with Crippen LogP contribution < -0.4 is 0 Å². The number of oxazole rings is 1. The molecular weight excluding hydrogens is 392 g/mol. The van der Waals surface area contributed by atoms with Gasteiger partial charge in [-0.3, -0.25) is 4.99 Å². The highest BCUT2D eigenvalue weighted by Crippen LogP contribution is 2.40. The van der Waals surface area contributed by atoms with Crippen LogP contribution in [-0.2, 0) is 11.3 Å². The molecule has 0 unspecified atom stereocenters. The molecule has 1 aromatic heterocycles. The second-order valence-corrected chi connectivity index (χ2v) is 8.50. The van der Waals surface area contributed by atoms with Crippen LogP contribution in [0.5, 0.6) is 0 Å². The van der Waals surface area contributed by atoms with Gasteiger partial charge in [-0.05, 0) is 66.1 Å². The smallest absolute Gasteiger partial charge is 0.199 e. The number of ether oxygens (including phenoxy) is 1. The van der Waals surface area contributed by atoms with Crippen molar-refractivity contribution in [3.63, 3.8) is 0 Å². The van der Waals surface area contributed by atoms with Crippen molar-refractivity contribution < 1.29 is 9.15 Å². The van der Waals surface area contributed by atoms with Gasteiger partial charge in [0, 0.05) is 40.8 Å². The molecule has 0 radical (unpaired) electrons. The molecule has 0 spiro atoms. The van der Waals surface area contributed by atoms with E-state index >= 15 is 0 Å². The van der Waals surface area contributed by atoms with Gasteiger partial charge in [0.1, 0.15) is 5.69 Å². The maximum absolute atomic E-state index is 6.29. The first-order valence-electron chi connectivity index (χ1n) is 9.41. The zero-order valence-electron chi connectivity index (χ0n) is 15.2. The zero-order chi connectivity index (χ0) is 18.9. The number of hydrogen-bond acceptors (Lipinski definition) is 5. The van der Waals surface area contributed by atoms with Crippen molar-refractivity contribution in [3.8, 4) is 11.3 Å².